The number of nitrogens with one attached hydrogen (secondary N) is 1. The highest BCUT2D eigenvalue weighted by Crippen LogP contribution is 2.23. The van der Waals surface area contributed by atoms with Crippen LogP contribution in [0.3, 0.4) is 0 Å². The topological polar surface area (TPSA) is 55.4 Å². The number of amides is 1. The second-order valence-electron chi connectivity index (χ2n) is 5.33. The maximum absolute atomic E-state index is 12.1. The molecule has 138 valence electrons. The molecule has 0 aliphatic rings. The Labute approximate surface area is 171 Å². The van der Waals surface area contributed by atoms with Crippen LogP contribution in [0.25, 0.3) is 0 Å². The molecular formula is C18H16Cl3NO3S. The average Bonchev–Trinajstić information content (AvgIpc) is 2.55. The zero-order valence-corrected chi connectivity index (χ0v) is 16.9. The van der Waals surface area contributed by atoms with Crippen molar-refractivity contribution in [1.82, 2.24) is 0 Å². The van der Waals surface area contributed by atoms with Gasteiger partial charge in [0.25, 0.3) is 5.91 Å². The van der Waals surface area contributed by atoms with Crippen molar-refractivity contribution >= 4 is 64.1 Å². The van der Waals surface area contributed by atoms with Gasteiger partial charge < -0.3 is 10.1 Å². The summed E-state index contributed by atoms with van der Waals surface area (Å²) in [6.07, 6.45) is -0.741. The smallest absolute Gasteiger partial charge is 0.307 e. The van der Waals surface area contributed by atoms with Crippen LogP contribution in [0.1, 0.15) is 13.3 Å². The molecule has 0 saturated carbocycles. The van der Waals surface area contributed by atoms with E-state index in [1.807, 2.05) is 12.1 Å². The van der Waals surface area contributed by atoms with Crippen LogP contribution in [-0.2, 0) is 14.3 Å². The van der Waals surface area contributed by atoms with Gasteiger partial charge in [-0.05, 0) is 49.4 Å². The highest BCUT2D eigenvalue weighted by molar-refractivity contribution is 7.99. The molecular weight excluding hydrogens is 417 g/mol. The van der Waals surface area contributed by atoms with E-state index in [1.54, 1.807) is 30.3 Å². The van der Waals surface area contributed by atoms with E-state index in [-0.39, 0.29) is 6.42 Å². The fraction of sp³-hybridized carbons (Fsp3) is 0.222. The number of esters is 1. The molecule has 26 heavy (non-hydrogen) atoms. The van der Waals surface area contributed by atoms with Gasteiger partial charge in [0.15, 0.2) is 6.10 Å². The second kappa shape index (κ2) is 10.1. The van der Waals surface area contributed by atoms with Crippen molar-refractivity contribution < 1.29 is 14.3 Å². The van der Waals surface area contributed by atoms with Crippen molar-refractivity contribution in [2.75, 3.05) is 11.1 Å². The van der Waals surface area contributed by atoms with Crippen molar-refractivity contribution in [3.8, 4) is 0 Å². The Morgan fingerprint density at radius 1 is 1.04 bits per heavy atom. The van der Waals surface area contributed by atoms with Crippen molar-refractivity contribution in [2.45, 2.75) is 24.3 Å². The SMILES string of the molecule is C[C@@H](OC(=O)CCSc1ccc(Cl)cc1)C(=O)Nc1cc(Cl)cc(Cl)c1. The molecule has 0 aromatic heterocycles. The van der Waals surface area contributed by atoms with Crippen LogP contribution < -0.4 is 5.32 Å². The van der Waals surface area contributed by atoms with E-state index in [4.69, 9.17) is 39.5 Å². The number of carbonyl (C=O) groups is 2. The zero-order valence-electron chi connectivity index (χ0n) is 13.8. The van der Waals surface area contributed by atoms with Crippen LogP contribution >= 0.6 is 46.6 Å². The Bertz CT molecular complexity index is 764. The Morgan fingerprint density at radius 3 is 2.27 bits per heavy atom. The quantitative estimate of drug-likeness (QED) is 0.450. The molecule has 1 atom stereocenters. The fourth-order valence-electron chi connectivity index (χ4n) is 1.96. The van der Waals surface area contributed by atoms with E-state index in [0.717, 1.165) is 4.90 Å². The summed E-state index contributed by atoms with van der Waals surface area (Å²) in [5.74, 6) is -0.362. The lowest BCUT2D eigenvalue weighted by molar-refractivity contribution is -0.152. The summed E-state index contributed by atoms with van der Waals surface area (Å²) in [4.78, 5) is 25.0. The maximum atomic E-state index is 12.1. The van der Waals surface area contributed by atoms with E-state index < -0.39 is 18.0 Å². The third-order valence-corrected chi connectivity index (χ3v) is 4.90. The highest BCUT2D eigenvalue weighted by atomic mass is 35.5. The molecule has 1 amide bonds. The summed E-state index contributed by atoms with van der Waals surface area (Å²) in [6, 6.07) is 12.0. The molecule has 1 N–H and O–H groups in total. The van der Waals surface area contributed by atoms with Gasteiger partial charge in [0.2, 0.25) is 0 Å². The van der Waals surface area contributed by atoms with Gasteiger partial charge in [-0.25, -0.2) is 0 Å². The summed E-state index contributed by atoms with van der Waals surface area (Å²) in [7, 11) is 0. The molecule has 0 saturated heterocycles. The standard InChI is InChI=1S/C18H16Cl3NO3S/c1-11(18(24)22-15-9-13(20)8-14(21)10-15)25-17(23)6-7-26-16-4-2-12(19)3-5-16/h2-5,8-11H,6-7H2,1H3,(H,22,24)/t11-/m1/s1. The molecule has 8 heteroatoms. The van der Waals surface area contributed by atoms with E-state index >= 15 is 0 Å². The van der Waals surface area contributed by atoms with Crippen LogP contribution in [0.2, 0.25) is 15.1 Å². The predicted molar refractivity (Wildman–Crippen MR) is 107 cm³/mol. The number of ether oxygens (including phenoxy) is 1. The molecule has 0 fully saturated rings. The summed E-state index contributed by atoms with van der Waals surface area (Å²) in [5, 5.41) is 4.07. The third kappa shape index (κ3) is 7.08. The van der Waals surface area contributed by atoms with Gasteiger partial charge in [-0.1, -0.05) is 34.8 Å². The fourth-order valence-corrected chi connectivity index (χ4v) is 3.45. The van der Waals surface area contributed by atoms with Gasteiger partial charge in [0, 0.05) is 31.4 Å². The lowest BCUT2D eigenvalue weighted by Gasteiger charge is -2.14. The first-order valence-corrected chi connectivity index (χ1v) is 9.80. The monoisotopic (exact) mass is 431 g/mol. The molecule has 2 rings (SSSR count). The molecule has 4 nitrogen and oxygen atoms in total. The van der Waals surface area contributed by atoms with Gasteiger partial charge in [-0.3, -0.25) is 9.59 Å². The van der Waals surface area contributed by atoms with Crippen molar-refractivity contribution in [1.29, 1.82) is 0 Å². The minimum absolute atomic E-state index is 0.188. The first-order chi connectivity index (χ1) is 12.3. The van der Waals surface area contributed by atoms with Crippen LogP contribution in [0.15, 0.2) is 47.4 Å². The molecule has 0 bridgehead atoms. The van der Waals surface area contributed by atoms with Crippen LogP contribution in [-0.4, -0.2) is 23.7 Å². The van der Waals surface area contributed by atoms with Crippen LogP contribution in [0.4, 0.5) is 5.69 Å². The van der Waals surface area contributed by atoms with Gasteiger partial charge in [0.05, 0.1) is 6.42 Å². The largest absolute Gasteiger partial charge is 0.453 e. The molecule has 0 aliphatic carbocycles. The lowest BCUT2D eigenvalue weighted by atomic mass is 10.3. The number of carbonyl (C=O) groups excluding carboxylic acids is 2. The van der Waals surface area contributed by atoms with Crippen LogP contribution in [0.5, 0.6) is 0 Å². The first kappa shape index (κ1) is 20.9. The third-order valence-electron chi connectivity index (χ3n) is 3.20. The molecule has 0 unspecified atom stereocenters. The first-order valence-electron chi connectivity index (χ1n) is 7.68. The second-order valence-corrected chi connectivity index (χ2v) is 7.81. The Morgan fingerprint density at radius 2 is 1.65 bits per heavy atom. The number of anilines is 1. The maximum Gasteiger partial charge on any atom is 0.307 e. The minimum Gasteiger partial charge on any atom is -0.453 e. The molecule has 0 radical (unpaired) electrons. The Balaban J connectivity index is 1.76. The van der Waals surface area contributed by atoms with Gasteiger partial charge in [-0.15, -0.1) is 11.8 Å². The number of thioether (sulfide) groups is 1. The summed E-state index contributed by atoms with van der Waals surface area (Å²) < 4.78 is 5.15. The minimum atomic E-state index is -0.930. The average molecular weight is 433 g/mol. The van der Waals surface area contributed by atoms with E-state index in [1.165, 1.54) is 18.7 Å². The number of hydrogen-bond donors (Lipinski definition) is 1. The van der Waals surface area contributed by atoms with Gasteiger partial charge in [-0.2, -0.15) is 0 Å². The molecule has 0 aliphatic heterocycles. The Kier molecular flexibility index (Phi) is 8.10. The lowest BCUT2D eigenvalue weighted by Crippen LogP contribution is -2.30. The van der Waals surface area contributed by atoms with E-state index in [0.29, 0.717) is 26.5 Å². The Hall–Kier alpha value is -1.40. The molecule has 2 aromatic carbocycles. The van der Waals surface area contributed by atoms with E-state index in [2.05, 4.69) is 5.32 Å². The van der Waals surface area contributed by atoms with Crippen molar-refractivity contribution in [2.24, 2.45) is 0 Å². The van der Waals surface area contributed by atoms with Gasteiger partial charge >= 0.3 is 5.97 Å². The summed E-state index contributed by atoms with van der Waals surface area (Å²) in [6.45, 7) is 1.51. The highest BCUT2D eigenvalue weighted by Gasteiger charge is 2.18. The summed E-state index contributed by atoms with van der Waals surface area (Å²) >= 11 is 19.1. The number of rotatable bonds is 7. The van der Waals surface area contributed by atoms with Gasteiger partial charge in [0.1, 0.15) is 0 Å². The number of hydrogen-bond acceptors (Lipinski definition) is 4. The molecule has 0 spiro atoms. The summed E-state index contributed by atoms with van der Waals surface area (Å²) in [5.41, 5.74) is 0.439. The van der Waals surface area contributed by atoms with Crippen LogP contribution in [0, 0.1) is 0 Å². The zero-order chi connectivity index (χ0) is 19.1. The molecule has 2 aromatic rings. The van der Waals surface area contributed by atoms with E-state index in [9.17, 15) is 9.59 Å². The predicted octanol–water partition coefficient (Wildman–Crippen LogP) is 5.70. The number of halogens is 3. The molecule has 0 heterocycles. The normalized spacial score (nSPS) is 11.7. The number of benzene rings is 2. The van der Waals surface area contributed by atoms with Crippen molar-refractivity contribution in [3.63, 3.8) is 0 Å². The van der Waals surface area contributed by atoms with Crippen molar-refractivity contribution in [3.05, 3.63) is 57.5 Å².